The first-order valence-corrected chi connectivity index (χ1v) is 16.8. The van der Waals surface area contributed by atoms with Crippen LogP contribution in [-0.4, -0.2) is 101 Å². The number of β-lactam (4-membered cyclic amide) rings is 1. The Kier molecular flexibility index (Phi) is 10.2. The van der Waals surface area contributed by atoms with E-state index >= 15 is 0 Å². The number of carboxylic acid groups (broad SMARTS) is 1. The van der Waals surface area contributed by atoms with E-state index in [4.69, 9.17) is 19.9 Å². The number of methoxy groups -OCH3 is 1. The third-order valence-electron chi connectivity index (χ3n) is 6.99. The number of thiazole rings is 1. The van der Waals surface area contributed by atoms with E-state index in [1.54, 1.807) is 7.05 Å². The number of amides is 3. The molecule has 49 heavy (non-hydrogen) atoms. The third-order valence-corrected chi connectivity index (χ3v) is 10.1. The van der Waals surface area contributed by atoms with E-state index in [0.29, 0.717) is 10.7 Å². The molecule has 1 aromatic carbocycles. The molecule has 1 saturated heterocycles. The second-order valence-electron chi connectivity index (χ2n) is 10.3. The second kappa shape index (κ2) is 14.2. The maximum atomic E-state index is 13.9. The molecule has 0 saturated carbocycles. The van der Waals surface area contributed by atoms with Crippen LogP contribution in [-0.2, 0) is 35.8 Å². The molecule has 0 radical (unpaired) electrons. The SMILES string of the molecule is CO[C@@]1(NC(=O)C(NC(=O)c2ccc(OC(C)=O)c(OC(C)=O)c2)c2csc(N)n2)C(=O)N2C(C(=O)O)=C(CSc3nnnn3C)CS[C@H]21. The van der Waals surface area contributed by atoms with Crippen LogP contribution in [0.1, 0.15) is 35.9 Å². The zero-order valence-corrected chi connectivity index (χ0v) is 28.4. The van der Waals surface area contributed by atoms with Gasteiger partial charge in [-0.15, -0.1) is 28.2 Å². The molecule has 0 spiro atoms. The highest BCUT2D eigenvalue weighted by molar-refractivity contribution is 8.01. The number of aryl methyl sites for hydroxylation is 1. The molecular formula is C27H27N9O10S3. The van der Waals surface area contributed by atoms with Gasteiger partial charge in [0.15, 0.2) is 22.7 Å². The van der Waals surface area contributed by atoms with E-state index in [9.17, 15) is 33.9 Å². The van der Waals surface area contributed by atoms with Gasteiger partial charge in [0.05, 0.1) is 5.69 Å². The molecule has 1 unspecified atom stereocenters. The predicted molar refractivity (Wildman–Crippen MR) is 171 cm³/mol. The van der Waals surface area contributed by atoms with Gasteiger partial charge >= 0.3 is 17.9 Å². The number of anilines is 1. The zero-order chi connectivity index (χ0) is 35.6. The lowest BCUT2D eigenvalue weighted by molar-refractivity contribution is -0.192. The van der Waals surface area contributed by atoms with Crippen molar-refractivity contribution in [1.82, 2.24) is 40.7 Å². The van der Waals surface area contributed by atoms with Gasteiger partial charge in [0, 0.05) is 50.5 Å². The van der Waals surface area contributed by atoms with Crippen LogP contribution in [0.25, 0.3) is 0 Å². The fourth-order valence-corrected chi connectivity index (χ4v) is 7.87. The van der Waals surface area contributed by atoms with Gasteiger partial charge in [-0.1, -0.05) is 11.8 Å². The zero-order valence-electron chi connectivity index (χ0n) is 26.0. The molecule has 3 amide bonds. The fraction of sp³-hybridized carbons (Fsp3) is 0.333. The highest BCUT2D eigenvalue weighted by Gasteiger charge is 2.67. The van der Waals surface area contributed by atoms with Gasteiger partial charge in [-0.05, 0) is 34.2 Å². The van der Waals surface area contributed by atoms with Crippen molar-refractivity contribution < 1.29 is 48.1 Å². The molecule has 4 heterocycles. The number of rotatable bonds is 12. The van der Waals surface area contributed by atoms with Gasteiger partial charge in [-0.3, -0.25) is 28.9 Å². The Morgan fingerprint density at radius 2 is 1.90 bits per heavy atom. The summed E-state index contributed by atoms with van der Waals surface area (Å²) in [5.41, 5.74) is 3.92. The summed E-state index contributed by atoms with van der Waals surface area (Å²) >= 11 is 3.35. The van der Waals surface area contributed by atoms with Gasteiger partial charge in [-0.2, -0.15) is 0 Å². The van der Waals surface area contributed by atoms with Gasteiger partial charge < -0.3 is 35.7 Å². The number of ether oxygens (including phenoxy) is 3. The average molecular weight is 734 g/mol. The molecule has 5 rings (SSSR count). The van der Waals surface area contributed by atoms with E-state index in [-0.39, 0.29) is 45.1 Å². The number of fused-ring (bicyclic) bond motifs is 1. The van der Waals surface area contributed by atoms with E-state index in [1.165, 1.54) is 52.8 Å². The molecular weight excluding hydrogens is 707 g/mol. The Morgan fingerprint density at radius 1 is 1.18 bits per heavy atom. The summed E-state index contributed by atoms with van der Waals surface area (Å²) in [7, 11) is 2.81. The van der Waals surface area contributed by atoms with Crippen molar-refractivity contribution in [2.24, 2.45) is 7.05 Å². The van der Waals surface area contributed by atoms with Crippen LogP contribution < -0.4 is 25.8 Å². The normalized spacial score (nSPS) is 19.0. The van der Waals surface area contributed by atoms with Crippen molar-refractivity contribution in [1.29, 1.82) is 0 Å². The highest BCUT2D eigenvalue weighted by atomic mass is 32.2. The highest BCUT2D eigenvalue weighted by Crippen LogP contribution is 2.47. The Hall–Kier alpha value is -5.06. The van der Waals surface area contributed by atoms with Crippen molar-refractivity contribution in [3.05, 3.63) is 46.1 Å². The van der Waals surface area contributed by atoms with E-state index < -0.39 is 52.8 Å². The minimum atomic E-state index is -2.01. The number of hydrogen-bond acceptors (Lipinski definition) is 17. The number of carboxylic acids is 1. The summed E-state index contributed by atoms with van der Waals surface area (Å²) in [5.74, 6) is -5.42. The second-order valence-corrected chi connectivity index (χ2v) is 13.2. The molecule has 19 nitrogen and oxygen atoms in total. The monoisotopic (exact) mass is 733 g/mol. The van der Waals surface area contributed by atoms with Crippen LogP contribution in [0.4, 0.5) is 5.13 Å². The third kappa shape index (κ3) is 7.06. The first-order chi connectivity index (χ1) is 23.2. The van der Waals surface area contributed by atoms with Crippen LogP contribution in [0.3, 0.4) is 0 Å². The Labute approximate surface area is 288 Å². The number of aliphatic carboxylic acids is 1. The lowest BCUT2D eigenvalue weighted by Crippen LogP contribution is -2.81. The van der Waals surface area contributed by atoms with E-state index in [1.807, 2.05) is 0 Å². The Bertz CT molecular complexity index is 1900. The van der Waals surface area contributed by atoms with Crippen LogP contribution in [0, 0.1) is 0 Å². The first-order valence-electron chi connectivity index (χ1n) is 13.9. The van der Waals surface area contributed by atoms with E-state index in [2.05, 4.69) is 31.1 Å². The number of carbonyl (C=O) groups is 6. The quantitative estimate of drug-likeness (QED) is 0.0631. The number of nitrogens with zero attached hydrogens (tertiary/aromatic N) is 6. The largest absolute Gasteiger partial charge is 0.477 e. The summed E-state index contributed by atoms with van der Waals surface area (Å²) in [6.45, 7) is 2.25. The van der Waals surface area contributed by atoms with Crippen molar-refractivity contribution >= 4 is 75.6 Å². The number of hydrogen-bond donors (Lipinski definition) is 4. The predicted octanol–water partition coefficient (Wildman–Crippen LogP) is 0.0755. The average Bonchev–Trinajstić information content (AvgIpc) is 3.67. The molecule has 1 fully saturated rings. The summed E-state index contributed by atoms with van der Waals surface area (Å²) in [5, 5.41) is 27.3. The summed E-state index contributed by atoms with van der Waals surface area (Å²) in [6.07, 6.45) is 0. The molecule has 2 aliphatic rings. The number of benzene rings is 1. The molecule has 2 aliphatic heterocycles. The number of nitrogens with two attached hydrogens (primary N) is 1. The van der Waals surface area contributed by atoms with Crippen LogP contribution in [0.2, 0.25) is 0 Å². The fourth-order valence-electron chi connectivity index (χ4n) is 4.85. The van der Waals surface area contributed by atoms with Gasteiger partial charge in [0.2, 0.25) is 5.16 Å². The summed E-state index contributed by atoms with van der Waals surface area (Å²) in [4.78, 5) is 81.8. The maximum Gasteiger partial charge on any atom is 0.352 e. The van der Waals surface area contributed by atoms with Crippen LogP contribution in [0.5, 0.6) is 11.5 Å². The molecule has 3 aromatic rings. The van der Waals surface area contributed by atoms with Gasteiger partial charge in [0.25, 0.3) is 23.4 Å². The molecule has 3 atom stereocenters. The standard InChI is InChI=1S/C27H27N9O10S3/c1-11(37)45-16-6-5-13(7-17(16)46-12(2)38)20(39)30-18(15-10-48-25(28)29-15)21(40)31-27(44-4)23(43)36-19(22(41)42)14(8-47-24(27)36)9-49-26-32-33-34-35(26)3/h5-7,10,18,24H,8-9H2,1-4H3,(H2,28,29)(H,30,39)(H,31,40)(H,41,42)/t18?,24-,27-/m0/s1. The molecule has 258 valence electrons. The van der Waals surface area contributed by atoms with Crippen molar-refractivity contribution in [3.63, 3.8) is 0 Å². The topological polar surface area (TPSA) is 260 Å². The van der Waals surface area contributed by atoms with Crippen LogP contribution in [0.15, 0.2) is 40.0 Å². The molecule has 2 aromatic heterocycles. The van der Waals surface area contributed by atoms with Gasteiger partial charge in [-0.25, -0.2) is 14.5 Å². The smallest absolute Gasteiger partial charge is 0.352 e. The minimum Gasteiger partial charge on any atom is -0.477 e. The van der Waals surface area contributed by atoms with Crippen molar-refractivity contribution in [2.45, 2.75) is 36.1 Å². The lowest BCUT2D eigenvalue weighted by atomic mass is 9.97. The number of esters is 2. The molecule has 22 heteroatoms. The maximum absolute atomic E-state index is 13.9. The first kappa shape index (κ1) is 35.3. The van der Waals surface area contributed by atoms with Crippen molar-refractivity contribution in [3.8, 4) is 11.5 Å². The Morgan fingerprint density at radius 3 is 2.49 bits per heavy atom. The summed E-state index contributed by atoms with van der Waals surface area (Å²) < 4.78 is 17.1. The summed E-state index contributed by atoms with van der Waals surface area (Å²) in [6, 6.07) is 2.11. The molecule has 0 aliphatic carbocycles. The lowest BCUT2D eigenvalue weighted by Gasteiger charge is -2.56. The number of nitrogen functional groups attached to an aromatic ring is 1. The number of nitrogens with one attached hydrogen (secondary N) is 2. The number of carbonyl (C=O) groups excluding carboxylic acids is 5. The van der Waals surface area contributed by atoms with Crippen LogP contribution >= 0.6 is 34.9 Å². The van der Waals surface area contributed by atoms with Crippen molar-refractivity contribution in [2.75, 3.05) is 24.3 Å². The number of aromatic nitrogens is 5. The molecule has 0 bridgehead atoms. The number of thioether (sulfide) groups is 2. The minimum absolute atomic E-state index is 0.0277. The Balaban J connectivity index is 1.39. The van der Waals surface area contributed by atoms with Gasteiger partial charge in [0.1, 0.15) is 11.1 Å². The molecule has 5 N–H and O–H groups in total. The van der Waals surface area contributed by atoms with E-state index in [0.717, 1.165) is 36.2 Å². The number of tetrazole rings is 1.